The van der Waals surface area contributed by atoms with Crippen LogP contribution in [0, 0.1) is 11.7 Å². The van der Waals surface area contributed by atoms with Crippen molar-refractivity contribution in [3.8, 4) is 0 Å². The maximum absolute atomic E-state index is 13.4. The monoisotopic (exact) mass is 451 g/mol. The number of aromatic nitrogens is 4. The number of rotatable bonds is 6. The van der Waals surface area contributed by atoms with Gasteiger partial charge in [0.2, 0.25) is 5.78 Å². The summed E-state index contributed by atoms with van der Waals surface area (Å²) in [6.45, 7) is 8.29. The Morgan fingerprint density at radius 3 is 2.39 bits per heavy atom. The molecule has 0 spiro atoms. The van der Waals surface area contributed by atoms with Crippen LogP contribution in [0.5, 0.6) is 0 Å². The smallest absolute Gasteiger partial charge is 0.352 e. The summed E-state index contributed by atoms with van der Waals surface area (Å²) < 4.78 is 17.3. The second-order valence-corrected chi connectivity index (χ2v) is 8.81. The fourth-order valence-electron chi connectivity index (χ4n) is 3.75. The van der Waals surface area contributed by atoms with E-state index in [-0.39, 0.29) is 41.6 Å². The molecule has 9 heteroatoms. The lowest BCUT2D eigenvalue weighted by atomic mass is 10.1. The lowest BCUT2D eigenvalue weighted by Crippen LogP contribution is -2.29. The number of amides is 1. The van der Waals surface area contributed by atoms with Crippen molar-refractivity contribution in [3.05, 3.63) is 80.2 Å². The summed E-state index contributed by atoms with van der Waals surface area (Å²) >= 11 is 0. The van der Waals surface area contributed by atoms with Crippen LogP contribution in [0.4, 0.5) is 4.39 Å². The Morgan fingerprint density at radius 2 is 1.76 bits per heavy atom. The van der Waals surface area contributed by atoms with E-state index < -0.39 is 5.69 Å². The van der Waals surface area contributed by atoms with Crippen molar-refractivity contribution >= 4 is 22.6 Å². The Bertz CT molecular complexity index is 1460. The van der Waals surface area contributed by atoms with Crippen LogP contribution in [-0.4, -0.2) is 31.2 Å². The van der Waals surface area contributed by atoms with Crippen molar-refractivity contribution in [1.29, 1.82) is 0 Å². The Balaban J connectivity index is 1.93. The summed E-state index contributed by atoms with van der Waals surface area (Å²) in [6, 6.07) is 10.3. The van der Waals surface area contributed by atoms with Crippen LogP contribution in [-0.2, 0) is 6.54 Å². The molecular weight excluding hydrogens is 425 g/mol. The highest BCUT2D eigenvalue weighted by Crippen LogP contribution is 2.17. The number of carbonyl (C=O) groups excluding carboxylic acids is 1. The number of hydrogen-bond acceptors (Lipinski definition) is 4. The van der Waals surface area contributed by atoms with E-state index in [0.29, 0.717) is 28.6 Å². The van der Waals surface area contributed by atoms with Gasteiger partial charge in [0.15, 0.2) is 0 Å². The average molecular weight is 452 g/mol. The molecule has 0 fully saturated rings. The van der Waals surface area contributed by atoms with Gasteiger partial charge in [0.1, 0.15) is 5.82 Å². The summed E-state index contributed by atoms with van der Waals surface area (Å²) in [6.07, 6.45) is 0. The molecule has 0 aliphatic rings. The normalized spacial score (nSPS) is 11.7. The minimum absolute atomic E-state index is 0.114. The van der Waals surface area contributed by atoms with Gasteiger partial charge in [0.05, 0.1) is 17.4 Å². The first-order valence-electron chi connectivity index (χ1n) is 10.9. The van der Waals surface area contributed by atoms with Crippen LogP contribution in [0.25, 0.3) is 16.7 Å². The SMILES string of the molecule is CC(C)CNC(=O)c1ccc2c(=O)n(C(C)C)c3nn(Cc4ccc(F)cc4)c(=O)n3c2c1. The third kappa shape index (κ3) is 4.18. The lowest BCUT2D eigenvalue weighted by Gasteiger charge is -2.13. The van der Waals surface area contributed by atoms with Crippen LogP contribution in [0.1, 0.15) is 49.7 Å². The maximum Gasteiger partial charge on any atom is 0.352 e. The van der Waals surface area contributed by atoms with Crippen molar-refractivity contribution in [2.75, 3.05) is 6.54 Å². The Hall–Kier alpha value is -3.75. The topological polar surface area (TPSA) is 90.4 Å². The maximum atomic E-state index is 13.4. The highest BCUT2D eigenvalue weighted by Gasteiger charge is 2.20. The van der Waals surface area contributed by atoms with Crippen LogP contribution in [0.15, 0.2) is 52.1 Å². The predicted octanol–water partition coefficient (Wildman–Crippen LogP) is 2.97. The molecule has 0 atom stereocenters. The van der Waals surface area contributed by atoms with Gasteiger partial charge in [0, 0.05) is 18.2 Å². The van der Waals surface area contributed by atoms with Gasteiger partial charge in [-0.15, -0.1) is 5.10 Å². The van der Waals surface area contributed by atoms with E-state index in [1.54, 1.807) is 30.3 Å². The summed E-state index contributed by atoms with van der Waals surface area (Å²) in [5, 5.41) is 7.60. The molecule has 0 saturated carbocycles. The molecule has 0 unspecified atom stereocenters. The third-order valence-corrected chi connectivity index (χ3v) is 5.42. The molecule has 0 bridgehead atoms. The summed E-state index contributed by atoms with van der Waals surface area (Å²) in [5.41, 5.74) is 0.622. The fourth-order valence-corrected chi connectivity index (χ4v) is 3.75. The first kappa shape index (κ1) is 22.4. The van der Waals surface area contributed by atoms with E-state index in [4.69, 9.17) is 0 Å². The zero-order valence-corrected chi connectivity index (χ0v) is 19.0. The van der Waals surface area contributed by atoms with Crippen molar-refractivity contribution in [2.45, 2.75) is 40.3 Å². The molecule has 0 radical (unpaired) electrons. The molecular formula is C24H26FN5O3. The molecule has 1 N–H and O–H groups in total. The zero-order chi connectivity index (χ0) is 23.9. The van der Waals surface area contributed by atoms with Crippen molar-refractivity contribution in [2.24, 2.45) is 5.92 Å². The molecule has 2 aromatic carbocycles. The van der Waals surface area contributed by atoms with Gasteiger partial charge in [-0.05, 0) is 55.7 Å². The average Bonchev–Trinajstić information content (AvgIpc) is 3.08. The van der Waals surface area contributed by atoms with Crippen LogP contribution in [0.2, 0.25) is 0 Å². The quantitative estimate of drug-likeness (QED) is 0.488. The van der Waals surface area contributed by atoms with Gasteiger partial charge >= 0.3 is 5.69 Å². The minimum Gasteiger partial charge on any atom is -0.352 e. The standard InChI is InChI=1S/C24H26FN5O3/c1-14(2)12-26-21(31)17-7-10-19-20(11-17)30-23(29(15(3)4)22(19)32)27-28(24(30)33)13-16-5-8-18(25)9-6-16/h5-11,14-15H,12-13H2,1-4H3,(H,26,31). The van der Waals surface area contributed by atoms with Crippen molar-refractivity contribution in [3.63, 3.8) is 0 Å². The summed E-state index contributed by atoms with van der Waals surface area (Å²) in [4.78, 5) is 39.2. The molecule has 33 heavy (non-hydrogen) atoms. The Morgan fingerprint density at radius 1 is 1.06 bits per heavy atom. The second kappa shape index (κ2) is 8.65. The van der Waals surface area contributed by atoms with E-state index in [2.05, 4.69) is 10.4 Å². The van der Waals surface area contributed by atoms with Crippen molar-refractivity contribution < 1.29 is 9.18 Å². The van der Waals surface area contributed by atoms with E-state index >= 15 is 0 Å². The molecule has 4 aromatic rings. The number of nitrogens with one attached hydrogen (secondary N) is 1. The fraction of sp³-hybridized carbons (Fsp3) is 0.333. The Labute approximate surface area is 189 Å². The molecule has 8 nitrogen and oxygen atoms in total. The summed E-state index contributed by atoms with van der Waals surface area (Å²) in [5.74, 6) is -0.177. The lowest BCUT2D eigenvalue weighted by molar-refractivity contribution is 0.0949. The number of fused-ring (bicyclic) bond motifs is 3. The largest absolute Gasteiger partial charge is 0.352 e. The predicted molar refractivity (Wildman–Crippen MR) is 124 cm³/mol. The van der Waals surface area contributed by atoms with Gasteiger partial charge in [-0.25, -0.2) is 18.3 Å². The molecule has 0 aliphatic heterocycles. The second-order valence-electron chi connectivity index (χ2n) is 8.81. The number of halogens is 1. The minimum atomic E-state index is -0.450. The van der Waals surface area contributed by atoms with Gasteiger partial charge < -0.3 is 5.32 Å². The first-order chi connectivity index (χ1) is 15.7. The molecule has 172 valence electrons. The highest BCUT2D eigenvalue weighted by molar-refractivity contribution is 5.98. The Kier molecular flexibility index (Phi) is 5.88. The zero-order valence-electron chi connectivity index (χ0n) is 19.0. The van der Waals surface area contributed by atoms with Gasteiger partial charge in [-0.3, -0.25) is 14.2 Å². The number of hydrogen-bond donors (Lipinski definition) is 1. The number of benzene rings is 2. The van der Waals surface area contributed by atoms with Crippen molar-refractivity contribution in [1.82, 2.24) is 24.1 Å². The van der Waals surface area contributed by atoms with E-state index in [1.807, 2.05) is 27.7 Å². The number of nitrogens with zero attached hydrogens (tertiary/aromatic N) is 4. The third-order valence-electron chi connectivity index (χ3n) is 5.42. The molecule has 2 heterocycles. The van der Waals surface area contributed by atoms with Crippen LogP contribution < -0.4 is 16.6 Å². The van der Waals surface area contributed by atoms with Crippen LogP contribution >= 0.6 is 0 Å². The molecule has 2 aromatic heterocycles. The van der Waals surface area contributed by atoms with Gasteiger partial charge in [0.25, 0.3) is 11.5 Å². The van der Waals surface area contributed by atoms with E-state index in [1.165, 1.54) is 25.8 Å². The van der Waals surface area contributed by atoms with Gasteiger partial charge in [-0.1, -0.05) is 26.0 Å². The molecule has 1 amide bonds. The van der Waals surface area contributed by atoms with Crippen LogP contribution in [0.3, 0.4) is 0 Å². The number of carbonyl (C=O) groups is 1. The molecule has 4 rings (SSSR count). The molecule has 0 saturated heterocycles. The van der Waals surface area contributed by atoms with E-state index in [9.17, 15) is 18.8 Å². The first-order valence-corrected chi connectivity index (χ1v) is 10.9. The highest BCUT2D eigenvalue weighted by atomic mass is 19.1. The van der Waals surface area contributed by atoms with Gasteiger partial charge in [-0.2, -0.15) is 0 Å². The van der Waals surface area contributed by atoms with E-state index in [0.717, 1.165) is 0 Å². The summed E-state index contributed by atoms with van der Waals surface area (Å²) in [7, 11) is 0. The molecule has 0 aliphatic carbocycles.